The van der Waals surface area contributed by atoms with E-state index in [1.54, 1.807) is 11.8 Å². The summed E-state index contributed by atoms with van der Waals surface area (Å²) < 4.78 is 5.18. The predicted molar refractivity (Wildman–Crippen MR) is 74.5 cm³/mol. The molecular formula is C12H22N2O4S. The lowest BCUT2D eigenvalue weighted by Gasteiger charge is -2.40. The van der Waals surface area contributed by atoms with Crippen LogP contribution in [0.2, 0.25) is 0 Å². The minimum Gasteiger partial charge on any atom is -0.481 e. The molecule has 0 spiro atoms. The van der Waals surface area contributed by atoms with E-state index in [1.165, 1.54) is 13.5 Å². The molecule has 19 heavy (non-hydrogen) atoms. The number of carbonyl (C=O) groups excluding carboxylic acids is 1. The van der Waals surface area contributed by atoms with Crippen molar-refractivity contribution in [3.63, 3.8) is 0 Å². The van der Waals surface area contributed by atoms with Gasteiger partial charge in [0.05, 0.1) is 12.5 Å². The summed E-state index contributed by atoms with van der Waals surface area (Å²) >= 11 is 1.79. The van der Waals surface area contributed by atoms with Gasteiger partial charge < -0.3 is 20.5 Å². The van der Waals surface area contributed by atoms with Crippen LogP contribution in [0.5, 0.6) is 0 Å². The second kappa shape index (κ2) is 7.59. The number of urea groups is 1. The minimum atomic E-state index is -0.940. The van der Waals surface area contributed by atoms with Gasteiger partial charge in [0.2, 0.25) is 0 Å². The molecule has 0 aromatic rings. The molecule has 1 rings (SSSR count). The van der Waals surface area contributed by atoms with E-state index in [-0.39, 0.29) is 23.7 Å². The highest BCUT2D eigenvalue weighted by molar-refractivity contribution is 8.00. The van der Waals surface area contributed by atoms with Crippen molar-refractivity contribution in [2.75, 3.05) is 26.5 Å². The first-order valence-corrected chi connectivity index (χ1v) is 7.55. The lowest BCUT2D eigenvalue weighted by atomic mass is 9.84. The van der Waals surface area contributed by atoms with Crippen LogP contribution in [0, 0.1) is 0 Å². The molecule has 110 valence electrons. The van der Waals surface area contributed by atoms with Gasteiger partial charge in [0.15, 0.2) is 0 Å². The number of carboxylic acids is 1. The van der Waals surface area contributed by atoms with Crippen LogP contribution in [0.1, 0.15) is 25.7 Å². The van der Waals surface area contributed by atoms with Crippen LogP contribution < -0.4 is 10.6 Å². The Kier molecular flexibility index (Phi) is 6.44. The molecule has 0 aromatic carbocycles. The highest BCUT2D eigenvalue weighted by Crippen LogP contribution is 2.42. The normalized spacial score (nSPS) is 18.2. The van der Waals surface area contributed by atoms with Gasteiger partial charge in [-0.05, 0) is 19.1 Å². The Balaban J connectivity index is 2.21. The summed E-state index contributed by atoms with van der Waals surface area (Å²) in [5.41, 5.74) is 0. The number of hydrogen-bond acceptors (Lipinski definition) is 4. The largest absolute Gasteiger partial charge is 0.481 e. The number of methoxy groups -OCH3 is 1. The molecule has 0 heterocycles. The highest BCUT2D eigenvalue weighted by Gasteiger charge is 2.36. The summed E-state index contributed by atoms with van der Waals surface area (Å²) in [4.78, 5) is 22.2. The first-order valence-electron chi connectivity index (χ1n) is 6.33. The van der Waals surface area contributed by atoms with Crippen LogP contribution in [0.15, 0.2) is 0 Å². The molecule has 0 saturated heterocycles. The maximum absolute atomic E-state index is 11.6. The fraction of sp³-hybridized carbons (Fsp3) is 0.833. The zero-order chi connectivity index (χ0) is 14.3. The molecule has 0 radical (unpaired) electrons. The van der Waals surface area contributed by atoms with Gasteiger partial charge in [-0.2, -0.15) is 11.8 Å². The number of carboxylic acid groups (broad SMARTS) is 1. The Labute approximate surface area is 117 Å². The van der Waals surface area contributed by atoms with Crippen LogP contribution in [-0.2, 0) is 9.53 Å². The highest BCUT2D eigenvalue weighted by atomic mass is 32.2. The summed E-state index contributed by atoms with van der Waals surface area (Å²) in [6.45, 7) is 0.845. The second-order valence-electron chi connectivity index (χ2n) is 4.76. The van der Waals surface area contributed by atoms with Crippen LogP contribution >= 0.6 is 11.8 Å². The Hall–Kier alpha value is -0.950. The lowest BCUT2D eigenvalue weighted by Crippen LogP contribution is -2.49. The number of thioether (sulfide) groups is 1. The van der Waals surface area contributed by atoms with Crippen LogP contribution in [0.25, 0.3) is 0 Å². The van der Waals surface area contributed by atoms with Crippen molar-refractivity contribution in [2.24, 2.45) is 0 Å². The molecule has 1 fully saturated rings. The molecule has 3 N–H and O–H groups in total. The SMILES string of the molecule is COC(CNC(=O)NCC1(SC)CCC1)CC(=O)O. The molecular weight excluding hydrogens is 268 g/mol. The molecule has 2 amide bonds. The van der Waals surface area contributed by atoms with Crippen molar-refractivity contribution in [1.82, 2.24) is 10.6 Å². The molecule has 1 unspecified atom stereocenters. The molecule has 0 bridgehead atoms. The van der Waals surface area contributed by atoms with E-state index in [0.29, 0.717) is 6.54 Å². The summed E-state index contributed by atoms with van der Waals surface area (Å²) in [6.07, 6.45) is 4.93. The van der Waals surface area contributed by atoms with Crippen LogP contribution in [0.3, 0.4) is 0 Å². The van der Waals surface area contributed by atoms with Gasteiger partial charge in [0.25, 0.3) is 0 Å². The van der Waals surface area contributed by atoms with E-state index >= 15 is 0 Å². The van der Waals surface area contributed by atoms with Gasteiger partial charge >= 0.3 is 12.0 Å². The van der Waals surface area contributed by atoms with Crippen molar-refractivity contribution in [2.45, 2.75) is 36.5 Å². The van der Waals surface area contributed by atoms with E-state index in [0.717, 1.165) is 12.8 Å². The third-order valence-electron chi connectivity index (χ3n) is 3.49. The van der Waals surface area contributed by atoms with Crippen molar-refractivity contribution >= 4 is 23.8 Å². The maximum Gasteiger partial charge on any atom is 0.314 e. The number of carbonyl (C=O) groups is 2. The van der Waals surface area contributed by atoms with E-state index in [2.05, 4.69) is 16.9 Å². The fourth-order valence-corrected chi connectivity index (χ4v) is 2.88. The molecule has 6 nitrogen and oxygen atoms in total. The number of nitrogens with one attached hydrogen (secondary N) is 2. The molecule has 1 aliphatic rings. The minimum absolute atomic E-state index is 0.120. The fourth-order valence-electron chi connectivity index (χ4n) is 1.97. The van der Waals surface area contributed by atoms with Crippen molar-refractivity contribution in [3.8, 4) is 0 Å². The average Bonchev–Trinajstić information content (AvgIpc) is 2.33. The monoisotopic (exact) mass is 290 g/mol. The van der Waals surface area contributed by atoms with Crippen molar-refractivity contribution < 1.29 is 19.4 Å². The summed E-state index contributed by atoms with van der Waals surface area (Å²) in [5, 5.41) is 14.1. The Morgan fingerprint density at radius 3 is 2.53 bits per heavy atom. The molecule has 1 aliphatic carbocycles. The Morgan fingerprint density at radius 2 is 2.11 bits per heavy atom. The summed E-state index contributed by atoms with van der Waals surface area (Å²) in [7, 11) is 1.43. The van der Waals surface area contributed by atoms with E-state index in [1.807, 2.05) is 0 Å². The molecule has 0 aliphatic heterocycles. The van der Waals surface area contributed by atoms with Gasteiger partial charge in [-0.3, -0.25) is 4.79 Å². The Morgan fingerprint density at radius 1 is 1.42 bits per heavy atom. The number of hydrogen-bond donors (Lipinski definition) is 3. The van der Waals surface area contributed by atoms with Gasteiger partial charge in [-0.1, -0.05) is 6.42 Å². The predicted octanol–water partition coefficient (Wildman–Crippen LogP) is 1.06. The van der Waals surface area contributed by atoms with E-state index in [4.69, 9.17) is 9.84 Å². The van der Waals surface area contributed by atoms with Crippen molar-refractivity contribution in [3.05, 3.63) is 0 Å². The van der Waals surface area contributed by atoms with Gasteiger partial charge in [0.1, 0.15) is 0 Å². The van der Waals surface area contributed by atoms with Gasteiger partial charge in [-0.25, -0.2) is 4.79 Å². The maximum atomic E-state index is 11.6. The van der Waals surface area contributed by atoms with E-state index in [9.17, 15) is 9.59 Å². The number of ether oxygens (including phenoxy) is 1. The smallest absolute Gasteiger partial charge is 0.314 e. The van der Waals surface area contributed by atoms with E-state index < -0.39 is 12.1 Å². The zero-order valence-electron chi connectivity index (χ0n) is 11.4. The third-order valence-corrected chi connectivity index (χ3v) is 4.91. The topological polar surface area (TPSA) is 87.7 Å². The average molecular weight is 290 g/mol. The van der Waals surface area contributed by atoms with Crippen molar-refractivity contribution in [1.29, 1.82) is 0 Å². The number of rotatable bonds is 8. The second-order valence-corrected chi connectivity index (χ2v) is 6.03. The Bertz CT molecular complexity index is 315. The summed E-state index contributed by atoms with van der Waals surface area (Å²) in [5.74, 6) is -0.940. The number of amides is 2. The molecule has 1 atom stereocenters. The van der Waals surface area contributed by atoms with Crippen LogP contribution in [-0.4, -0.2) is 54.4 Å². The van der Waals surface area contributed by atoms with Gasteiger partial charge in [-0.15, -0.1) is 0 Å². The quantitative estimate of drug-likeness (QED) is 0.622. The molecule has 1 saturated carbocycles. The lowest BCUT2D eigenvalue weighted by molar-refractivity contribution is -0.139. The summed E-state index contributed by atoms with van der Waals surface area (Å²) in [6, 6.07) is -0.271. The molecule has 7 heteroatoms. The molecule has 0 aromatic heterocycles. The van der Waals surface area contributed by atoms with Gasteiger partial charge in [0, 0.05) is 24.9 Å². The third kappa shape index (κ3) is 5.28. The zero-order valence-corrected chi connectivity index (χ0v) is 12.2. The first kappa shape index (κ1) is 16.1. The first-order chi connectivity index (χ1) is 9.01. The standard InChI is InChI=1S/C12H22N2O4S/c1-18-9(6-10(15)16)7-13-11(17)14-8-12(19-2)4-3-5-12/h9H,3-8H2,1-2H3,(H,15,16)(H2,13,14,17). The van der Waals surface area contributed by atoms with Crippen LogP contribution in [0.4, 0.5) is 4.79 Å². The number of aliphatic carboxylic acids is 1.